The average Bonchev–Trinajstić information content (AvgIpc) is 3.22. The predicted octanol–water partition coefficient (Wildman–Crippen LogP) is 1.83. The molecule has 1 unspecified atom stereocenters. The van der Waals surface area contributed by atoms with E-state index in [2.05, 4.69) is 36.1 Å². The van der Waals surface area contributed by atoms with Gasteiger partial charge in [-0.15, -0.1) is 24.0 Å². The number of hydrogen-bond donors (Lipinski definition) is 2. The Bertz CT molecular complexity index is 834. The number of fused-ring (bicyclic) bond motifs is 1. The molecule has 1 aromatic heterocycles. The Morgan fingerprint density at radius 3 is 3.04 bits per heavy atom. The SMILES string of the molecule is CN=C(NCCn1cnc2ccccc21)N1CCCC2(CNC(=O)C2)C1.I. The van der Waals surface area contributed by atoms with Gasteiger partial charge in [-0.2, -0.15) is 0 Å². The lowest BCUT2D eigenvalue weighted by molar-refractivity contribution is -0.119. The Hall–Kier alpha value is -1.84. The maximum absolute atomic E-state index is 11.7. The highest BCUT2D eigenvalue weighted by atomic mass is 127. The van der Waals surface area contributed by atoms with Gasteiger partial charge in [-0.3, -0.25) is 9.79 Å². The maximum Gasteiger partial charge on any atom is 0.220 e. The molecule has 2 saturated heterocycles. The largest absolute Gasteiger partial charge is 0.355 e. The van der Waals surface area contributed by atoms with E-state index in [-0.39, 0.29) is 35.3 Å². The van der Waals surface area contributed by atoms with Crippen LogP contribution in [0.3, 0.4) is 0 Å². The average molecular weight is 482 g/mol. The van der Waals surface area contributed by atoms with Crippen LogP contribution < -0.4 is 10.6 Å². The minimum absolute atomic E-state index is 0. The fourth-order valence-electron chi connectivity index (χ4n) is 4.24. The first-order chi connectivity index (χ1) is 12.7. The van der Waals surface area contributed by atoms with Gasteiger partial charge in [0.1, 0.15) is 0 Å². The summed E-state index contributed by atoms with van der Waals surface area (Å²) in [6.45, 7) is 4.29. The Morgan fingerprint density at radius 2 is 2.26 bits per heavy atom. The van der Waals surface area contributed by atoms with Crippen LogP contribution in [0.15, 0.2) is 35.6 Å². The van der Waals surface area contributed by atoms with E-state index in [1.807, 2.05) is 31.6 Å². The van der Waals surface area contributed by atoms with E-state index in [1.54, 1.807) is 0 Å². The molecule has 2 fully saturated rings. The van der Waals surface area contributed by atoms with Crippen LogP contribution in [0.4, 0.5) is 0 Å². The number of hydrogen-bond acceptors (Lipinski definition) is 3. The van der Waals surface area contributed by atoms with Gasteiger partial charge in [-0.1, -0.05) is 12.1 Å². The summed E-state index contributed by atoms with van der Waals surface area (Å²) < 4.78 is 2.16. The lowest BCUT2D eigenvalue weighted by Crippen LogP contribution is -2.51. The van der Waals surface area contributed by atoms with Gasteiger partial charge < -0.3 is 20.1 Å². The first-order valence-electron chi connectivity index (χ1n) is 9.31. The van der Waals surface area contributed by atoms with Gasteiger partial charge in [0.05, 0.1) is 17.4 Å². The first-order valence-corrected chi connectivity index (χ1v) is 9.31. The third-order valence-electron chi connectivity index (χ3n) is 5.53. The third-order valence-corrected chi connectivity index (χ3v) is 5.53. The van der Waals surface area contributed by atoms with Crippen LogP contribution in [0.1, 0.15) is 19.3 Å². The number of likely N-dealkylation sites (tertiary alicyclic amines) is 1. The normalized spacial score (nSPS) is 22.8. The molecule has 1 aromatic carbocycles. The number of nitrogens with zero attached hydrogens (tertiary/aromatic N) is 4. The van der Waals surface area contributed by atoms with E-state index in [1.165, 1.54) is 0 Å². The molecule has 27 heavy (non-hydrogen) atoms. The fraction of sp³-hybridized carbons (Fsp3) is 0.526. The lowest BCUT2D eigenvalue weighted by atomic mass is 9.79. The Labute approximate surface area is 176 Å². The zero-order valence-electron chi connectivity index (χ0n) is 15.6. The summed E-state index contributed by atoms with van der Waals surface area (Å²) in [7, 11) is 1.83. The lowest BCUT2D eigenvalue weighted by Gasteiger charge is -2.40. The number of carbonyl (C=O) groups is 1. The van der Waals surface area contributed by atoms with Crippen molar-refractivity contribution in [3.63, 3.8) is 0 Å². The molecular formula is C19H27IN6O. The number of aliphatic imine (C=N–C) groups is 1. The number of aromatic nitrogens is 2. The second-order valence-corrected chi connectivity index (χ2v) is 7.38. The van der Waals surface area contributed by atoms with Gasteiger partial charge in [0.15, 0.2) is 5.96 Å². The van der Waals surface area contributed by atoms with Gasteiger partial charge in [0.2, 0.25) is 5.91 Å². The molecule has 8 heteroatoms. The topological polar surface area (TPSA) is 74.6 Å². The highest BCUT2D eigenvalue weighted by molar-refractivity contribution is 14.0. The summed E-state index contributed by atoms with van der Waals surface area (Å²) in [4.78, 5) is 22.9. The number of carbonyl (C=O) groups excluding carboxylic acids is 1. The fourth-order valence-corrected chi connectivity index (χ4v) is 4.24. The molecule has 1 atom stereocenters. The summed E-state index contributed by atoms with van der Waals surface area (Å²) in [6, 6.07) is 8.17. The van der Waals surface area contributed by atoms with Crippen molar-refractivity contribution in [1.82, 2.24) is 25.1 Å². The van der Waals surface area contributed by atoms with Crippen molar-refractivity contribution in [2.45, 2.75) is 25.8 Å². The molecule has 2 aliphatic heterocycles. The van der Waals surface area contributed by atoms with Crippen LogP contribution in [0.2, 0.25) is 0 Å². The Morgan fingerprint density at radius 1 is 1.41 bits per heavy atom. The van der Waals surface area contributed by atoms with Crippen LogP contribution in [0, 0.1) is 5.41 Å². The second-order valence-electron chi connectivity index (χ2n) is 7.38. The molecule has 0 radical (unpaired) electrons. The van der Waals surface area contributed by atoms with Crippen LogP contribution in [0.5, 0.6) is 0 Å². The van der Waals surface area contributed by atoms with Crippen molar-refractivity contribution in [1.29, 1.82) is 0 Å². The number of piperidine rings is 1. The van der Waals surface area contributed by atoms with E-state index in [0.717, 1.165) is 62.6 Å². The molecule has 0 saturated carbocycles. The summed E-state index contributed by atoms with van der Waals surface area (Å²) in [6.07, 6.45) is 4.74. The van der Waals surface area contributed by atoms with Crippen molar-refractivity contribution in [2.75, 3.05) is 33.2 Å². The van der Waals surface area contributed by atoms with E-state index in [0.29, 0.717) is 6.42 Å². The number of para-hydroxylation sites is 2. The second kappa shape index (κ2) is 8.45. The van der Waals surface area contributed by atoms with Crippen LogP contribution in [-0.2, 0) is 11.3 Å². The minimum atomic E-state index is 0. The number of amides is 1. The van der Waals surface area contributed by atoms with Gasteiger partial charge in [0.25, 0.3) is 0 Å². The minimum Gasteiger partial charge on any atom is -0.355 e. The summed E-state index contributed by atoms with van der Waals surface area (Å²) in [5, 5.41) is 6.48. The van der Waals surface area contributed by atoms with E-state index < -0.39 is 0 Å². The zero-order valence-corrected chi connectivity index (χ0v) is 18.0. The summed E-state index contributed by atoms with van der Waals surface area (Å²) in [5.41, 5.74) is 2.25. The molecule has 0 bridgehead atoms. The molecule has 1 spiro atoms. The Balaban J connectivity index is 0.00000210. The van der Waals surface area contributed by atoms with E-state index >= 15 is 0 Å². The number of benzene rings is 1. The molecule has 2 aromatic rings. The molecule has 1 amide bonds. The standard InChI is InChI=1S/C19H26N6O.HI/c1-20-18(24-9-4-7-19(13-24)11-17(26)22-12-19)21-8-10-25-14-23-15-5-2-3-6-16(15)25;/h2-3,5-6,14H,4,7-13H2,1H3,(H,20,21)(H,22,26);1H. The molecular weight excluding hydrogens is 455 g/mol. The van der Waals surface area contributed by atoms with Crippen LogP contribution in [-0.4, -0.2) is 59.5 Å². The first kappa shape index (κ1) is 19.9. The molecule has 3 heterocycles. The molecule has 4 rings (SSSR count). The predicted molar refractivity (Wildman–Crippen MR) is 117 cm³/mol. The summed E-state index contributed by atoms with van der Waals surface area (Å²) >= 11 is 0. The Kier molecular flexibility index (Phi) is 6.23. The zero-order chi connectivity index (χ0) is 18.0. The van der Waals surface area contributed by atoms with Crippen molar-refractivity contribution >= 4 is 46.9 Å². The van der Waals surface area contributed by atoms with E-state index in [9.17, 15) is 4.79 Å². The molecule has 2 N–H and O–H groups in total. The molecule has 7 nitrogen and oxygen atoms in total. The maximum atomic E-state index is 11.7. The van der Waals surface area contributed by atoms with Gasteiger partial charge in [-0.25, -0.2) is 4.98 Å². The quantitative estimate of drug-likeness (QED) is 0.398. The highest BCUT2D eigenvalue weighted by Crippen LogP contribution is 2.35. The van der Waals surface area contributed by atoms with E-state index in [4.69, 9.17) is 0 Å². The smallest absolute Gasteiger partial charge is 0.220 e. The molecule has 2 aliphatic rings. The van der Waals surface area contributed by atoms with Gasteiger partial charge in [-0.05, 0) is 25.0 Å². The van der Waals surface area contributed by atoms with Crippen LogP contribution >= 0.6 is 24.0 Å². The third kappa shape index (κ3) is 4.20. The van der Waals surface area contributed by atoms with Gasteiger partial charge in [0, 0.05) is 51.6 Å². The summed E-state index contributed by atoms with van der Waals surface area (Å²) in [5.74, 6) is 1.11. The molecule has 146 valence electrons. The van der Waals surface area contributed by atoms with Crippen molar-refractivity contribution in [2.24, 2.45) is 10.4 Å². The van der Waals surface area contributed by atoms with Crippen molar-refractivity contribution in [3.05, 3.63) is 30.6 Å². The number of nitrogens with one attached hydrogen (secondary N) is 2. The number of guanidine groups is 1. The highest BCUT2D eigenvalue weighted by Gasteiger charge is 2.42. The monoisotopic (exact) mass is 482 g/mol. The van der Waals surface area contributed by atoms with Crippen LogP contribution in [0.25, 0.3) is 11.0 Å². The van der Waals surface area contributed by atoms with Crippen molar-refractivity contribution < 1.29 is 4.79 Å². The number of imidazole rings is 1. The molecule has 0 aliphatic carbocycles. The number of rotatable bonds is 3. The van der Waals surface area contributed by atoms with Gasteiger partial charge >= 0.3 is 0 Å². The number of halogens is 1. The van der Waals surface area contributed by atoms with Crippen molar-refractivity contribution in [3.8, 4) is 0 Å².